The number of rotatable bonds is 3. The molecule has 0 atom stereocenters. The highest BCUT2D eigenvalue weighted by molar-refractivity contribution is 7.99. The van der Waals surface area contributed by atoms with Crippen LogP contribution in [0.3, 0.4) is 0 Å². The Labute approximate surface area is 101 Å². The average Bonchev–Trinajstić information content (AvgIpc) is 2.19. The van der Waals surface area contributed by atoms with Gasteiger partial charge in [-0.05, 0) is 23.1 Å². The number of benzene rings is 1. The first kappa shape index (κ1) is 12.9. The first-order valence-electron chi connectivity index (χ1n) is 5.28. The largest absolute Gasteiger partial charge is 0.507 e. The summed E-state index contributed by atoms with van der Waals surface area (Å²) >= 11 is 1.53. The van der Waals surface area contributed by atoms with Gasteiger partial charge in [0, 0.05) is 17.1 Å². The maximum Gasteiger partial charge on any atom is 0.129 e. The molecular weight excluding hydrogens is 218 g/mol. The van der Waals surface area contributed by atoms with Gasteiger partial charge in [0.25, 0.3) is 0 Å². The highest BCUT2D eigenvalue weighted by atomic mass is 32.2. The fraction of sp³-hybridized carbons (Fsp3) is 0.462. The van der Waals surface area contributed by atoms with Crippen LogP contribution >= 0.6 is 11.8 Å². The topological polar surface area (TPSA) is 44.0 Å². The molecule has 0 spiro atoms. The third-order valence-corrected chi connectivity index (χ3v) is 3.34. The summed E-state index contributed by atoms with van der Waals surface area (Å²) in [4.78, 5) is 0.864. The molecule has 1 rings (SSSR count). The van der Waals surface area contributed by atoms with Crippen LogP contribution in [0.25, 0.3) is 0 Å². The predicted octanol–water partition coefficient (Wildman–Crippen LogP) is 3.70. The summed E-state index contributed by atoms with van der Waals surface area (Å²) in [5.74, 6) is 1.02. The summed E-state index contributed by atoms with van der Waals surface area (Å²) in [7, 11) is 0. The van der Waals surface area contributed by atoms with E-state index < -0.39 is 0 Å². The maximum absolute atomic E-state index is 9.70. The van der Waals surface area contributed by atoms with E-state index in [0.717, 1.165) is 10.6 Å². The number of nitriles is 1. The highest BCUT2D eigenvalue weighted by Gasteiger charge is 2.15. The molecule has 0 saturated carbocycles. The van der Waals surface area contributed by atoms with E-state index in [2.05, 4.69) is 26.8 Å². The van der Waals surface area contributed by atoms with Crippen molar-refractivity contribution in [2.24, 2.45) is 0 Å². The summed E-state index contributed by atoms with van der Waals surface area (Å²) < 4.78 is 0. The first-order valence-corrected chi connectivity index (χ1v) is 6.27. The summed E-state index contributed by atoms with van der Waals surface area (Å²) in [6.45, 7) is 6.43. The quantitative estimate of drug-likeness (QED) is 0.642. The molecule has 1 aromatic carbocycles. The van der Waals surface area contributed by atoms with E-state index in [1.807, 2.05) is 12.1 Å². The second-order valence-corrected chi connectivity index (χ2v) is 5.83. The van der Waals surface area contributed by atoms with Crippen LogP contribution in [0.15, 0.2) is 23.1 Å². The van der Waals surface area contributed by atoms with Crippen molar-refractivity contribution in [3.8, 4) is 11.8 Å². The van der Waals surface area contributed by atoms with E-state index in [4.69, 9.17) is 5.26 Å². The SMILES string of the molecule is CC(C)(C)c1ccc(O)c(SCCC#N)c1. The third-order valence-electron chi connectivity index (χ3n) is 2.30. The van der Waals surface area contributed by atoms with Gasteiger partial charge >= 0.3 is 0 Å². The second kappa shape index (κ2) is 5.27. The number of nitrogens with zero attached hydrogens (tertiary/aromatic N) is 1. The minimum Gasteiger partial charge on any atom is -0.507 e. The number of hydrogen-bond acceptors (Lipinski definition) is 3. The monoisotopic (exact) mass is 235 g/mol. The van der Waals surface area contributed by atoms with Gasteiger partial charge in [0.05, 0.1) is 6.07 Å². The van der Waals surface area contributed by atoms with E-state index in [9.17, 15) is 5.11 Å². The number of hydrogen-bond donors (Lipinski definition) is 1. The molecule has 0 amide bonds. The van der Waals surface area contributed by atoms with Gasteiger partial charge in [0.2, 0.25) is 0 Å². The molecule has 0 bridgehead atoms. The van der Waals surface area contributed by atoms with Crippen LogP contribution < -0.4 is 0 Å². The van der Waals surface area contributed by atoms with Crippen LogP contribution in [0.5, 0.6) is 5.75 Å². The standard InChI is InChI=1S/C13H17NOS/c1-13(2,3)10-5-6-11(15)12(9-10)16-8-4-7-14/h5-6,9,15H,4,8H2,1-3H3. The molecule has 0 unspecified atom stereocenters. The molecule has 0 aromatic heterocycles. The molecule has 0 fully saturated rings. The molecule has 86 valence electrons. The minimum atomic E-state index is 0.0816. The molecule has 16 heavy (non-hydrogen) atoms. The number of phenolic OH excluding ortho intramolecular Hbond substituents is 1. The lowest BCUT2D eigenvalue weighted by atomic mass is 9.87. The maximum atomic E-state index is 9.70. The Hall–Kier alpha value is -1.14. The van der Waals surface area contributed by atoms with Crippen molar-refractivity contribution in [3.63, 3.8) is 0 Å². The van der Waals surface area contributed by atoms with Gasteiger partial charge < -0.3 is 5.11 Å². The van der Waals surface area contributed by atoms with Crippen LogP contribution in [0.4, 0.5) is 0 Å². The molecular formula is C13H17NOS. The molecule has 0 aliphatic heterocycles. The van der Waals surface area contributed by atoms with Gasteiger partial charge in [-0.15, -0.1) is 11.8 Å². The molecule has 1 aromatic rings. The Morgan fingerprint density at radius 1 is 1.38 bits per heavy atom. The van der Waals surface area contributed by atoms with Crippen molar-refractivity contribution in [3.05, 3.63) is 23.8 Å². The lowest BCUT2D eigenvalue weighted by molar-refractivity contribution is 0.460. The lowest BCUT2D eigenvalue weighted by Gasteiger charge is -2.20. The van der Waals surface area contributed by atoms with Crippen LogP contribution in [0, 0.1) is 11.3 Å². The molecule has 0 aliphatic carbocycles. The summed E-state index contributed by atoms with van der Waals surface area (Å²) in [5.41, 5.74) is 1.28. The molecule has 0 saturated heterocycles. The number of aromatic hydroxyl groups is 1. The lowest BCUT2D eigenvalue weighted by Crippen LogP contribution is -2.10. The molecule has 1 N–H and O–H groups in total. The van der Waals surface area contributed by atoms with E-state index in [1.54, 1.807) is 6.07 Å². The van der Waals surface area contributed by atoms with Crippen molar-refractivity contribution < 1.29 is 5.11 Å². The van der Waals surface area contributed by atoms with Gasteiger partial charge in [0.1, 0.15) is 5.75 Å². The Kier molecular flexibility index (Phi) is 4.26. The smallest absolute Gasteiger partial charge is 0.129 e. The van der Waals surface area contributed by atoms with Gasteiger partial charge in [-0.2, -0.15) is 5.26 Å². The molecule has 3 heteroatoms. The Balaban J connectivity index is 2.88. The Morgan fingerprint density at radius 3 is 2.62 bits per heavy atom. The fourth-order valence-corrected chi connectivity index (χ4v) is 2.14. The van der Waals surface area contributed by atoms with Crippen molar-refractivity contribution >= 4 is 11.8 Å². The summed E-state index contributed by atoms with van der Waals surface area (Å²) in [6, 6.07) is 7.79. The van der Waals surface area contributed by atoms with Gasteiger partial charge in [0.15, 0.2) is 0 Å². The van der Waals surface area contributed by atoms with E-state index in [1.165, 1.54) is 17.3 Å². The fourth-order valence-electron chi connectivity index (χ4n) is 1.30. The van der Waals surface area contributed by atoms with Gasteiger partial charge in [-0.1, -0.05) is 26.8 Å². The third kappa shape index (κ3) is 3.46. The molecule has 2 nitrogen and oxygen atoms in total. The predicted molar refractivity (Wildman–Crippen MR) is 67.8 cm³/mol. The van der Waals surface area contributed by atoms with Crippen LogP contribution in [0.1, 0.15) is 32.8 Å². The van der Waals surface area contributed by atoms with Crippen molar-refractivity contribution in [2.75, 3.05) is 5.75 Å². The number of phenols is 1. The van der Waals surface area contributed by atoms with Crippen molar-refractivity contribution in [1.82, 2.24) is 0 Å². The van der Waals surface area contributed by atoms with Gasteiger partial charge in [-0.25, -0.2) is 0 Å². The van der Waals surface area contributed by atoms with Crippen molar-refractivity contribution in [1.29, 1.82) is 5.26 Å². The number of thioether (sulfide) groups is 1. The first-order chi connectivity index (χ1) is 7.45. The van der Waals surface area contributed by atoms with Crippen molar-refractivity contribution in [2.45, 2.75) is 37.5 Å². The molecule has 0 aliphatic rings. The summed E-state index contributed by atoms with van der Waals surface area (Å²) in [6.07, 6.45) is 0.504. The van der Waals surface area contributed by atoms with Crippen LogP contribution in [-0.4, -0.2) is 10.9 Å². The molecule has 0 radical (unpaired) electrons. The normalized spacial score (nSPS) is 11.1. The zero-order valence-corrected chi connectivity index (χ0v) is 10.8. The molecule has 0 heterocycles. The highest BCUT2D eigenvalue weighted by Crippen LogP contribution is 2.33. The Morgan fingerprint density at radius 2 is 2.06 bits per heavy atom. The zero-order chi connectivity index (χ0) is 12.2. The van der Waals surface area contributed by atoms with E-state index in [-0.39, 0.29) is 5.41 Å². The van der Waals surface area contributed by atoms with E-state index in [0.29, 0.717) is 12.2 Å². The Bertz CT molecular complexity index is 401. The second-order valence-electron chi connectivity index (χ2n) is 4.69. The minimum absolute atomic E-state index is 0.0816. The average molecular weight is 235 g/mol. The van der Waals surface area contributed by atoms with Crippen LogP contribution in [0.2, 0.25) is 0 Å². The summed E-state index contributed by atoms with van der Waals surface area (Å²) in [5, 5.41) is 18.2. The van der Waals surface area contributed by atoms with E-state index >= 15 is 0 Å². The van der Waals surface area contributed by atoms with Gasteiger partial charge in [-0.3, -0.25) is 0 Å². The van der Waals surface area contributed by atoms with Crippen LogP contribution in [-0.2, 0) is 5.41 Å². The zero-order valence-electron chi connectivity index (χ0n) is 9.95.